The Bertz CT molecular complexity index is 1100. The lowest BCUT2D eigenvalue weighted by Crippen LogP contribution is -2.57. The summed E-state index contributed by atoms with van der Waals surface area (Å²) < 4.78 is 42.2. The Balaban J connectivity index is 1.61. The Morgan fingerprint density at radius 2 is 1.74 bits per heavy atom. The number of hydrogen-bond donors (Lipinski definition) is 0. The number of benzene rings is 1. The third-order valence-corrected chi connectivity index (χ3v) is 8.91. The second kappa shape index (κ2) is 8.91. The number of amidine groups is 1. The van der Waals surface area contributed by atoms with Crippen LogP contribution >= 0.6 is 23.4 Å². The summed E-state index contributed by atoms with van der Waals surface area (Å²) in [6.07, 6.45) is -1.04. The van der Waals surface area contributed by atoms with E-state index in [-0.39, 0.29) is 23.0 Å². The van der Waals surface area contributed by atoms with E-state index in [4.69, 9.17) is 16.6 Å². The average molecular weight is 510 g/mol. The number of halogens is 4. The van der Waals surface area contributed by atoms with Gasteiger partial charge in [-0.1, -0.05) is 11.6 Å². The standard InChI is InChI=1S/C24H27ClF3N5S/c1-14-9-32(10-15(2)31(14)3)23-18-8-19(24(26,27)28)20(25)22-21(18)33(13-30-23)11-17(12-34-22)16-4-6-29-7-5-16/h4-8,14-15,17H,9-13H2,1-3H3/t14-,15+,17-/m0/s1. The van der Waals surface area contributed by atoms with E-state index in [0.717, 1.165) is 11.3 Å². The summed E-state index contributed by atoms with van der Waals surface area (Å²) in [5.41, 5.74) is 1.64. The Morgan fingerprint density at radius 3 is 2.38 bits per heavy atom. The quantitative estimate of drug-likeness (QED) is 0.528. The molecule has 0 radical (unpaired) electrons. The van der Waals surface area contributed by atoms with Crippen LogP contribution in [0.5, 0.6) is 0 Å². The van der Waals surface area contributed by atoms with Crippen LogP contribution in [-0.4, -0.2) is 71.8 Å². The number of piperazine rings is 1. The van der Waals surface area contributed by atoms with Crippen LogP contribution in [0.3, 0.4) is 0 Å². The number of hydrogen-bond acceptors (Lipinski definition) is 6. The Kier molecular flexibility index (Phi) is 6.23. The van der Waals surface area contributed by atoms with Crippen LogP contribution < -0.4 is 4.90 Å². The lowest BCUT2D eigenvalue weighted by atomic mass is 9.98. The molecule has 3 aliphatic heterocycles. The molecule has 5 nitrogen and oxygen atoms in total. The monoisotopic (exact) mass is 509 g/mol. The lowest BCUT2D eigenvalue weighted by Gasteiger charge is -2.45. The van der Waals surface area contributed by atoms with Gasteiger partial charge in [0.25, 0.3) is 0 Å². The van der Waals surface area contributed by atoms with Crippen molar-refractivity contribution in [2.45, 2.75) is 42.9 Å². The molecule has 1 saturated heterocycles. The molecule has 182 valence electrons. The number of thioether (sulfide) groups is 1. The van der Waals surface area contributed by atoms with E-state index in [9.17, 15) is 13.2 Å². The van der Waals surface area contributed by atoms with Gasteiger partial charge < -0.3 is 9.80 Å². The molecular formula is C24H27ClF3N5S. The van der Waals surface area contributed by atoms with E-state index >= 15 is 0 Å². The van der Waals surface area contributed by atoms with Crippen LogP contribution in [0.2, 0.25) is 5.02 Å². The molecule has 2 aromatic rings. The fourth-order valence-electron chi connectivity index (χ4n) is 5.09. The smallest absolute Gasteiger partial charge is 0.353 e. The highest BCUT2D eigenvalue weighted by Gasteiger charge is 2.41. The van der Waals surface area contributed by atoms with Crippen LogP contribution in [-0.2, 0) is 6.18 Å². The zero-order valence-corrected chi connectivity index (χ0v) is 20.9. The number of anilines is 1. The maximum Gasteiger partial charge on any atom is 0.417 e. The first-order valence-corrected chi connectivity index (χ1v) is 12.7. The maximum atomic E-state index is 14.1. The average Bonchev–Trinajstić information content (AvgIpc) is 3.00. The van der Waals surface area contributed by atoms with Gasteiger partial charge in [-0.25, -0.2) is 4.99 Å². The summed E-state index contributed by atoms with van der Waals surface area (Å²) in [6.45, 7) is 6.75. The van der Waals surface area contributed by atoms with Gasteiger partial charge in [0.05, 0.1) is 21.2 Å². The molecule has 0 amide bonds. The molecule has 0 spiro atoms. The fraction of sp³-hybridized carbons (Fsp3) is 0.500. The highest BCUT2D eigenvalue weighted by molar-refractivity contribution is 7.99. The highest BCUT2D eigenvalue weighted by Crippen LogP contribution is 2.50. The summed E-state index contributed by atoms with van der Waals surface area (Å²) in [7, 11) is 2.09. The number of aromatic nitrogens is 1. The summed E-state index contributed by atoms with van der Waals surface area (Å²) in [6, 6.07) is 5.69. The third kappa shape index (κ3) is 4.16. The summed E-state index contributed by atoms with van der Waals surface area (Å²) in [4.78, 5) is 16.0. The summed E-state index contributed by atoms with van der Waals surface area (Å²) in [5.74, 6) is 1.40. The topological polar surface area (TPSA) is 35.0 Å². The molecule has 5 rings (SSSR count). The molecule has 0 bridgehead atoms. The minimum atomic E-state index is -4.55. The van der Waals surface area contributed by atoms with Crippen LogP contribution in [0, 0.1) is 0 Å². The molecule has 10 heteroatoms. The Morgan fingerprint density at radius 1 is 1.06 bits per heavy atom. The zero-order valence-electron chi connectivity index (χ0n) is 19.3. The Labute approximate surface area is 207 Å². The van der Waals surface area contributed by atoms with E-state index in [0.29, 0.717) is 48.4 Å². The zero-order chi connectivity index (χ0) is 24.2. The third-order valence-electron chi connectivity index (χ3n) is 7.15. The number of alkyl halides is 3. The van der Waals surface area contributed by atoms with Gasteiger partial charge in [0, 0.05) is 61.3 Å². The van der Waals surface area contributed by atoms with E-state index in [1.54, 1.807) is 12.4 Å². The number of aliphatic imine (C=N–C) groups is 1. The fourth-order valence-corrected chi connectivity index (χ4v) is 6.78. The molecule has 0 aliphatic carbocycles. The van der Waals surface area contributed by atoms with Gasteiger partial charge in [-0.15, -0.1) is 11.8 Å². The van der Waals surface area contributed by atoms with Crippen molar-refractivity contribution in [1.82, 2.24) is 14.8 Å². The molecule has 3 aliphatic rings. The molecule has 0 unspecified atom stereocenters. The Hall–Kier alpha value is -1.97. The van der Waals surface area contributed by atoms with Crippen LogP contribution in [0.25, 0.3) is 0 Å². The maximum absolute atomic E-state index is 14.1. The van der Waals surface area contributed by atoms with Crippen molar-refractivity contribution in [1.29, 1.82) is 0 Å². The normalized spacial score (nSPS) is 25.6. The molecule has 0 N–H and O–H groups in total. The number of pyridine rings is 1. The molecule has 4 heterocycles. The summed E-state index contributed by atoms with van der Waals surface area (Å²) in [5, 5.41) is -0.210. The summed E-state index contributed by atoms with van der Waals surface area (Å²) >= 11 is 7.87. The van der Waals surface area contributed by atoms with Gasteiger partial charge >= 0.3 is 6.18 Å². The predicted molar refractivity (Wildman–Crippen MR) is 131 cm³/mol. The highest BCUT2D eigenvalue weighted by atomic mass is 35.5. The lowest BCUT2D eigenvalue weighted by molar-refractivity contribution is -0.137. The van der Waals surface area contributed by atoms with Gasteiger partial charge in [-0.3, -0.25) is 9.88 Å². The number of nitrogens with zero attached hydrogens (tertiary/aromatic N) is 5. The molecule has 1 aromatic carbocycles. The van der Waals surface area contributed by atoms with Crippen molar-refractivity contribution in [2.24, 2.45) is 4.99 Å². The van der Waals surface area contributed by atoms with E-state index in [1.165, 1.54) is 17.8 Å². The van der Waals surface area contributed by atoms with E-state index in [2.05, 4.69) is 40.6 Å². The largest absolute Gasteiger partial charge is 0.417 e. The van der Waals surface area contributed by atoms with Gasteiger partial charge in [-0.2, -0.15) is 13.2 Å². The number of rotatable bonds is 1. The van der Waals surface area contributed by atoms with E-state index in [1.807, 2.05) is 12.1 Å². The number of likely N-dealkylation sites (N-methyl/N-ethyl adjacent to an activating group) is 1. The first kappa shape index (κ1) is 23.8. The van der Waals surface area contributed by atoms with Crippen molar-refractivity contribution >= 4 is 34.9 Å². The minimum Gasteiger partial charge on any atom is -0.353 e. The van der Waals surface area contributed by atoms with Crippen molar-refractivity contribution < 1.29 is 13.2 Å². The van der Waals surface area contributed by atoms with Crippen LogP contribution in [0.1, 0.15) is 36.5 Å². The van der Waals surface area contributed by atoms with Crippen LogP contribution in [0.4, 0.5) is 18.9 Å². The molecular weight excluding hydrogens is 483 g/mol. The SMILES string of the molecule is C[C@@H]1CN(C2=NCN3C[C@H](c4ccncc4)CSc4c(Cl)c(C(F)(F)F)cc2c43)C[C@H](C)N1C. The van der Waals surface area contributed by atoms with Crippen molar-refractivity contribution in [3.8, 4) is 0 Å². The second-order valence-electron chi connectivity index (χ2n) is 9.36. The van der Waals surface area contributed by atoms with Gasteiger partial charge in [0.2, 0.25) is 0 Å². The molecule has 1 aromatic heterocycles. The van der Waals surface area contributed by atoms with Gasteiger partial charge in [-0.05, 0) is 44.7 Å². The molecule has 0 saturated carbocycles. The second-order valence-corrected chi connectivity index (χ2v) is 10.8. The van der Waals surface area contributed by atoms with Gasteiger partial charge in [0.1, 0.15) is 12.5 Å². The first-order valence-electron chi connectivity index (χ1n) is 11.4. The van der Waals surface area contributed by atoms with Crippen molar-refractivity contribution in [3.63, 3.8) is 0 Å². The van der Waals surface area contributed by atoms with Gasteiger partial charge in [0.15, 0.2) is 0 Å². The minimum absolute atomic E-state index is 0.124. The first-order chi connectivity index (χ1) is 16.1. The molecule has 34 heavy (non-hydrogen) atoms. The van der Waals surface area contributed by atoms with E-state index < -0.39 is 11.7 Å². The molecule has 3 atom stereocenters. The van der Waals surface area contributed by atoms with Crippen molar-refractivity contribution in [2.75, 3.05) is 44.0 Å². The molecule has 1 fully saturated rings. The predicted octanol–water partition coefficient (Wildman–Crippen LogP) is 5.19. The van der Waals surface area contributed by atoms with Crippen LogP contribution in [0.15, 0.2) is 40.5 Å². The van der Waals surface area contributed by atoms with Crippen molar-refractivity contribution in [3.05, 3.63) is 52.3 Å².